The molecule has 0 saturated carbocycles. The summed E-state index contributed by atoms with van der Waals surface area (Å²) in [6, 6.07) is 15.0. The zero-order valence-corrected chi connectivity index (χ0v) is 13.5. The molecule has 0 radical (unpaired) electrons. The van der Waals surface area contributed by atoms with Crippen molar-refractivity contribution >= 4 is 0 Å². The fourth-order valence-electron chi connectivity index (χ4n) is 2.79. The first-order valence-electron chi connectivity index (χ1n) is 7.97. The summed E-state index contributed by atoms with van der Waals surface area (Å²) in [5.74, 6) is 2.23. The second kappa shape index (κ2) is 6.28. The fourth-order valence-corrected chi connectivity index (χ4v) is 2.79. The van der Waals surface area contributed by atoms with Crippen molar-refractivity contribution < 1.29 is 9.47 Å². The quantitative estimate of drug-likeness (QED) is 0.579. The first-order chi connectivity index (χ1) is 12.2. The Labute approximate surface area is 144 Å². The summed E-state index contributed by atoms with van der Waals surface area (Å²) in [4.78, 5) is 19.9. The number of aromatic amines is 1. The molecular formula is C20H16N2O3. The van der Waals surface area contributed by atoms with E-state index in [9.17, 15) is 4.79 Å². The molecule has 0 atom stereocenters. The van der Waals surface area contributed by atoms with Gasteiger partial charge in [-0.3, -0.25) is 4.79 Å². The van der Waals surface area contributed by atoms with Crippen LogP contribution in [0.3, 0.4) is 0 Å². The molecule has 5 heteroatoms. The van der Waals surface area contributed by atoms with Gasteiger partial charge in [-0.2, -0.15) is 4.98 Å². The molecule has 2 aromatic carbocycles. The highest BCUT2D eigenvalue weighted by atomic mass is 16.5. The number of nitrogens with one attached hydrogen (secondary N) is 1. The molecule has 25 heavy (non-hydrogen) atoms. The van der Waals surface area contributed by atoms with Crippen molar-refractivity contribution in [3.8, 4) is 28.8 Å². The van der Waals surface area contributed by atoms with Crippen LogP contribution in [-0.4, -0.2) is 16.6 Å². The second-order valence-electron chi connectivity index (χ2n) is 5.71. The van der Waals surface area contributed by atoms with Crippen LogP contribution in [0.25, 0.3) is 11.4 Å². The summed E-state index contributed by atoms with van der Waals surface area (Å²) in [6.07, 6.45) is 2.19. The number of nitrogens with zero attached hydrogens (tertiary/aromatic N) is 1. The van der Waals surface area contributed by atoms with Crippen LogP contribution in [-0.2, 0) is 6.42 Å². The Morgan fingerprint density at radius 2 is 2.12 bits per heavy atom. The minimum atomic E-state index is -0.188. The molecule has 2 heterocycles. The van der Waals surface area contributed by atoms with Gasteiger partial charge in [0, 0.05) is 12.0 Å². The second-order valence-corrected chi connectivity index (χ2v) is 5.71. The SMILES string of the molecule is C=CCOc1cccc(-c2nc3c(c(=O)[nH]2)Cc2ccccc2O3)c1. The van der Waals surface area contributed by atoms with E-state index >= 15 is 0 Å². The molecule has 5 nitrogen and oxygen atoms in total. The predicted octanol–water partition coefficient (Wildman–Crippen LogP) is 3.70. The smallest absolute Gasteiger partial charge is 0.258 e. The average Bonchev–Trinajstić information content (AvgIpc) is 2.65. The van der Waals surface area contributed by atoms with E-state index in [1.807, 2.05) is 48.5 Å². The molecule has 3 aromatic rings. The lowest BCUT2D eigenvalue weighted by molar-refractivity contribution is 0.363. The molecule has 0 amide bonds. The number of hydrogen-bond donors (Lipinski definition) is 1. The number of H-pyrrole nitrogens is 1. The van der Waals surface area contributed by atoms with Gasteiger partial charge in [-0.1, -0.05) is 43.0 Å². The van der Waals surface area contributed by atoms with Gasteiger partial charge in [0.2, 0.25) is 5.88 Å². The minimum Gasteiger partial charge on any atom is -0.490 e. The fraction of sp³-hybridized carbons (Fsp3) is 0.100. The molecule has 1 aromatic heterocycles. The monoisotopic (exact) mass is 332 g/mol. The largest absolute Gasteiger partial charge is 0.490 e. The Morgan fingerprint density at radius 3 is 3.00 bits per heavy atom. The van der Waals surface area contributed by atoms with Crippen LogP contribution in [0, 0.1) is 0 Å². The van der Waals surface area contributed by atoms with Gasteiger partial charge in [0.05, 0.1) is 5.56 Å². The van der Waals surface area contributed by atoms with E-state index in [1.165, 1.54) is 0 Å². The lowest BCUT2D eigenvalue weighted by Gasteiger charge is -2.18. The third kappa shape index (κ3) is 2.92. The van der Waals surface area contributed by atoms with Gasteiger partial charge in [-0.15, -0.1) is 0 Å². The van der Waals surface area contributed by atoms with Crippen LogP contribution in [0.2, 0.25) is 0 Å². The third-order valence-electron chi connectivity index (χ3n) is 4.00. The van der Waals surface area contributed by atoms with Crippen molar-refractivity contribution in [1.29, 1.82) is 0 Å². The zero-order valence-electron chi connectivity index (χ0n) is 13.5. The van der Waals surface area contributed by atoms with Gasteiger partial charge in [0.25, 0.3) is 5.56 Å². The Kier molecular flexibility index (Phi) is 3.82. The van der Waals surface area contributed by atoms with Gasteiger partial charge in [0.15, 0.2) is 0 Å². The van der Waals surface area contributed by atoms with Crippen LogP contribution in [0.4, 0.5) is 0 Å². The number of fused-ring (bicyclic) bond motifs is 2. The van der Waals surface area contributed by atoms with Crippen LogP contribution in [0.15, 0.2) is 66.0 Å². The summed E-state index contributed by atoms with van der Waals surface area (Å²) in [6.45, 7) is 4.05. The highest BCUT2D eigenvalue weighted by Gasteiger charge is 2.22. The molecule has 4 rings (SSSR count). The maximum atomic E-state index is 12.5. The van der Waals surface area contributed by atoms with E-state index in [0.717, 1.165) is 16.9 Å². The number of para-hydroxylation sites is 1. The van der Waals surface area contributed by atoms with Crippen LogP contribution < -0.4 is 15.0 Å². The lowest BCUT2D eigenvalue weighted by atomic mass is 10.0. The highest BCUT2D eigenvalue weighted by molar-refractivity contribution is 5.59. The Balaban J connectivity index is 1.73. The number of ether oxygens (including phenoxy) is 2. The molecule has 0 unspecified atom stereocenters. The summed E-state index contributed by atoms with van der Waals surface area (Å²) >= 11 is 0. The summed E-state index contributed by atoms with van der Waals surface area (Å²) in [5.41, 5.74) is 2.09. The minimum absolute atomic E-state index is 0.188. The van der Waals surface area contributed by atoms with Gasteiger partial charge < -0.3 is 14.5 Å². The van der Waals surface area contributed by atoms with E-state index < -0.39 is 0 Å². The van der Waals surface area contributed by atoms with Crippen LogP contribution in [0.5, 0.6) is 17.4 Å². The molecule has 124 valence electrons. The van der Waals surface area contributed by atoms with E-state index in [-0.39, 0.29) is 5.56 Å². The number of hydrogen-bond acceptors (Lipinski definition) is 4. The van der Waals surface area contributed by atoms with Crippen molar-refractivity contribution in [2.24, 2.45) is 0 Å². The van der Waals surface area contributed by atoms with Crippen molar-refractivity contribution in [2.45, 2.75) is 6.42 Å². The number of benzene rings is 2. The number of rotatable bonds is 4. The maximum absolute atomic E-state index is 12.5. The summed E-state index contributed by atoms with van der Waals surface area (Å²) in [7, 11) is 0. The van der Waals surface area contributed by atoms with E-state index in [2.05, 4.69) is 16.5 Å². The predicted molar refractivity (Wildman–Crippen MR) is 95.3 cm³/mol. The molecule has 0 fully saturated rings. The molecular weight excluding hydrogens is 316 g/mol. The average molecular weight is 332 g/mol. The Hall–Kier alpha value is -3.34. The topological polar surface area (TPSA) is 64.2 Å². The first-order valence-corrected chi connectivity index (χ1v) is 7.97. The summed E-state index contributed by atoms with van der Waals surface area (Å²) in [5, 5.41) is 0. The van der Waals surface area contributed by atoms with Crippen molar-refractivity contribution in [3.05, 3.63) is 82.7 Å². The van der Waals surface area contributed by atoms with E-state index in [1.54, 1.807) is 6.08 Å². The first kappa shape index (κ1) is 15.2. The maximum Gasteiger partial charge on any atom is 0.258 e. The highest BCUT2D eigenvalue weighted by Crippen LogP contribution is 2.34. The Bertz CT molecular complexity index is 1010. The molecule has 1 N–H and O–H groups in total. The van der Waals surface area contributed by atoms with Crippen molar-refractivity contribution in [1.82, 2.24) is 9.97 Å². The van der Waals surface area contributed by atoms with Crippen molar-refractivity contribution in [3.63, 3.8) is 0 Å². The van der Waals surface area contributed by atoms with Crippen molar-refractivity contribution in [2.75, 3.05) is 6.61 Å². The van der Waals surface area contributed by atoms with Gasteiger partial charge in [-0.05, 0) is 23.8 Å². The normalized spacial score (nSPS) is 11.8. The molecule has 0 bridgehead atoms. The van der Waals surface area contributed by atoms with E-state index in [0.29, 0.717) is 36.0 Å². The standard InChI is InChI=1S/C20H16N2O3/c1-2-10-24-15-8-5-7-14(11-15)18-21-19(23)16-12-13-6-3-4-9-17(13)25-20(16)22-18/h2-9,11H,1,10,12H2,(H,21,22,23). The Morgan fingerprint density at radius 1 is 1.24 bits per heavy atom. The molecule has 1 aliphatic rings. The molecule has 0 saturated heterocycles. The molecule has 0 spiro atoms. The van der Waals surface area contributed by atoms with Gasteiger partial charge in [-0.25, -0.2) is 0 Å². The van der Waals surface area contributed by atoms with E-state index in [4.69, 9.17) is 9.47 Å². The van der Waals surface area contributed by atoms with Gasteiger partial charge in [0.1, 0.15) is 23.9 Å². The van der Waals surface area contributed by atoms with Crippen LogP contribution >= 0.6 is 0 Å². The lowest BCUT2D eigenvalue weighted by Crippen LogP contribution is -2.20. The van der Waals surface area contributed by atoms with Gasteiger partial charge >= 0.3 is 0 Å². The third-order valence-corrected chi connectivity index (χ3v) is 4.00. The zero-order chi connectivity index (χ0) is 17.2. The molecule has 0 aliphatic carbocycles. The number of aromatic nitrogens is 2. The molecule has 1 aliphatic heterocycles. The summed E-state index contributed by atoms with van der Waals surface area (Å²) < 4.78 is 11.4. The van der Waals surface area contributed by atoms with Crippen LogP contribution in [0.1, 0.15) is 11.1 Å².